The van der Waals surface area contributed by atoms with Crippen LogP contribution in [0.15, 0.2) is 18.2 Å². The predicted molar refractivity (Wildman–Crippen MR) is 71.5 cm³/mol. The molecule has 2 rings (SSSR count). The van der Waals surface area contributed by atoms with Crippen LogP contribution in [0.2, 0.25) is 0 Å². The monoisotopic (exact) mass is 274 g/mol. The highest BCUT2D eigenvalue weighted by molar-refractivity contribution is 6.09. The molecule has 1 saturated heterocycles. The minimum Gasteiger partial charge on any atom is -0.309 e. The van der Waals surface area contributed by atoms with E-state index < -0.39 is 11.7 Å². The minimum absolute atomic E-state index is 0.103. The van der Waals surface area contributed by atoms with Gasteiger partial charge in [-0.25, -0.2) is 4.39 Å². The van der Waals surface area contributed by atoms with Crippen LogP contribution in [0.1, 0.15) is 31.7 Å². The molecule has 1 aliphatic rings. The number of nitriles is 1. The Morgan fingerprint density at radius 1 is 1.55 bits per heavy atom. The van der Waals surface area contributed by atoms with Crippen LogP contribution in [0.4, 0.5) is 10.1 Å². The molecule has 20 heavy (non-hydrogen) atoms. The third-order valence-corrected chi connectivity index (χ3v) is 3.54. The SMILES string of the molecule is CCC(=O)C1CCCN(c2ccc(C#N)cc2F)C1=O. The zero-order valence-corrected chi connectivity index (χ0v) is 11.2. The summed E-state index contributed by atoms with van der Waals surface area (Å²) >= 11 is 0. The van der Waals surface area contributed by atoms with E-state index in [4.69, 9.17) is 5.26 Å². The fourth-order valence-electron chi connectivity index (χ4n) is 2.45. The van der Waals surface area contributed by atoms with E-state index in [0.717, 1.165) is 6.07 Å². The van der Waals surface area contributed by atoms with Crippen molar-refractivity contribution in [3.63, 3.8) is 0 Å². The maximum absolute atomic E-state index is 14.0. The summed E-state index contributed by atoms with van der Waals surface area (Å²) in [5.41, 5.74) is 0.347. The summed E-state index contributed by atoms with van der Waals surface area (Å²) in [4.78, 5) is 25.4. The summed E-state index contributed by atoms with van der Waals surface area (Å²) in [6.45, 7) is 2.12. The molecule has 0 radical (unpaired) electrons. The first-order valence-corrected chi connectivity index (χ1v) is 6.62. The van der Waals surface area contributed by atoms with Gasteiger partial charge in [0.1, 0.15) is 11.6 Å². The van der Waals surface area contributed by atoms with Gasteiger partial charge in [0.05, 0.1) is 23.2 Å². The van der Waals surface area contributed by atoms with Crippen molar-refractivity contribution >= 4 is 17.4 Å². The second kappa shape index (κ2) is 5.83. The molecule has 1 fully saturated rings. The zero-order chi connectivity index (χ0) is 14.7. The molecule has 4 nitrogen and oxygen atoms in total. The first-order valence-electron chi connectivity index (χ1n) is 6.62. The van der Waals surface area contributed by atoms with E-state index in [1.54, 1.807) is 6.92 Å². The highest BCUT2D eigenvalue weighted by atomic mass is 19.1. The molecule has 1 heterocycles. The quantitative estimate of drug-likeness (QED) is 0.795. The first-order chi connectivity index (χ1) is 9.58. The van der Waals surface area contributed by atoms with E-state index in [9.17, 15) is 14.0 Å². The zero-order valence-electron chi connectivity index (χ0n) is 11.2. The van der Waals surface area contributed by atoms with Gasteiger partial charge in [-0.15, -0.1) is 0 Å². The fourth-order valence-corrected chi connectivity index (χ4v) is 2.45. The molecule has 104 valence electrons. The van der Waals surface area contributed by atoms with Crippen molar-refractivity contribution in [3.8, 4) is 6.07 Å². The maximum atomic E-state index is 14.0. The summed E-state index contributed by atoms with van der Waals surface area (Å²) in [5, 5.41) is 8.72. The number of nitrogens with zero attached hydrogens (tertiary/aromatic N) is 2. The molecule has 1 amide bonds. The number of piperidine rings is 1. The second-order valence-electron chi connectivity index (χ2n) is 4.78. The smallest absolute Gasteiger partial charge is 0.237 e. The van der Waals surface area contributed by atoms with Crippen molar-refractivity contribution in [1.82, 2.24) is 0 Å². The van der Waals surface area contributed by atoms with Gasteiger partial charge in [-0.3, -0.25) is 9.59 Å². The van der Waals surface area contributed by atoms with Gasteiger partial charge >= 0.3 is 0 Å². The molecule has 0 aromatic heterocycles. The van der Waals surface area contributed by atoms with Crippen molar-refractivity contribution in [2.75, 3.05) is 11.4 Å². The van der Waals surface area contributed by atoms with Crippen LogP contribution < -0.4 is 4.90 Å². The lowest BCUT2D eigenvalue weighted by atomic mass is 9.91. The molecule has 1 unspecified atom stereocenters. The van der Waals surface area contributed by atoms with Crippen LogP contribution in [-0.4, -0.2) is 18.2 Å². The van der Waals surface area contributed by atoms with E-state index in [-0.39, 0.29) is 22.9 Å². The van der Waals surface area contributed by atoms with Gasteiger partial charge in [-0.1, -0.05) is 6.92 Å². The Bertz CT molecular complexity index is 592. The summed E-state index contributed by atoms with van der Waals surface area (Å²) in [6.07, 6.45) is 1.50. The number of ketones is 1. The van der Waals surface area contributed by atoms with Crippen molar-refractivity contribution in [2.24, 2.45) is 5.92 Å². The number of carbonyl (C=O) groups is 2. The van der Waals surface area contributed by atoms with Crippen LogP contribution in [0.25, 0.3) is 0 Å². The van der Waals surface area contributed by atoms with Gasteiger partial charge in [0.25, 0.3) is 0 Å². The summed E-state index contributed by atoms with van der Waals surface area (Å²) in [7, 11) is 0. The number of amides is 1. The van der Waals surface area contributed by atoms with E-state index in [1.807, 2.05) is 6.07 Å². The lowest BCUT2D eigenvalue weighted by Gasteiger charge is -2.31. The Morgan fingerprint density at radius 3 is 2.90 bits per heavy atom. The normalized spacial score (nSPS) is 18.8. The third-order valence-electron chi connectivity index (χ3n) is 3.54. The van der Waals surface area contributed by atoms with Gasteiger partial charge in [0.2, 0.25) is 5.91 Å². The van der Waals surface area contributed by atoms with Gasteiger partial charge in [0.15, 0.2) is 0 Å². The molecule has 1 aromatic carbocycles. The van der Waals surface area contributed by atoms with Crippen LogP contribution in [-0.2, 0) is 9.59 Å². The molecule has 0 bridgehead atoms. The molecule has 0 aliphatic carbocycles. The molecule has 1 aromatic rings. The number of carbonyl (C=O) groups excluding carboxylic acids is 2. The Balaban J connectivity index is 2.31. The molecule has 0 saturated carbocycles. The van der Waals surface area contributed by atoms with E-state index >= 15 is 0 Å². The maximum Gasteiger partial charge on any atom is 0.237 e. The molecule has 1 atom stereocenters. The van der Waals surface area contributed by atoms with Gasteiger partial charge in [-0.2, -0.15) is 5.26 Å². The number of hydrogen-bond acceptors (Lipinski definition) is 3. The summed E-state index contributed by atoms with van der Waals surface area (Å²) in [6, 6.07) is 5.84. The summed E-state index contributed by atoms with van der Waals surface area (Å²) in [5.74, 6) is -1.72. The lowest BCUT2D eigenvalue weighted by Crippen LogP contribution is -2.44. The summed E-state index contributed by atoms with van der Waals surface area (Å²) < 4.78 is 14.0. The third kappa shape index (κ3) is 2.55. The van der Waals surface area contributed by atoms with E-state index in [1.165, 1.54) is 17.0 Å². The standard InChI is InChI=1S/C15H15FN2O2/c1-2-14(19)11-4-3-7-18(15(11)20)13-6-5-10(9-17)8-12(13)16/h5-6,8,11H,2-4,7H2,1H3. The number of anilines is 1. The van der Waals surface area contributed by atoms with Crippen molar-refractivity contribution < 1.29 is 14.0 Å². The Labute approximate surface area is 116 Å². The highest BCUT2D eigenvalue weighted by Crippen LogP contribution is 2.28. The molecular formula is C15H15FN2O2. The first kappa shape index (κ1) is 14.2. The molecular weight excluding hydrogens is 259 g/mol. The van der Waals surface area contributed by atoms with E-state index in [2.05, 4.69) is 0 Å². The molecule has 0 spiro atoms. The van der Waals surface area contributed by atoms with Crippen LogP contribution in [0, 0.1) is 23.1 Å². The average Bonchev–Trinajstić information content (AvgIpc) is 2.47. The van der Waals surface area contributed by atoms with Gasteiger partial charge < -0.3 is 4.90 Å². The average molecular weight is 274 g/mol. The molecule has 1 aliphatic heterocycles. The van der Waals surface area contributed by atoms with Crippen LogP contribution in [0.3, 0.4) is 0 Å². The number of rotatable bonds is 3. The van der Waals surface area contributed by atoms with E-state index in [0.29, 0.717) is 25.8 Å². The minimum atomic E-state index is -0.663. The Hall–Kier alpha value is -2.22. The number of halogens is 1. The lowest BCUT2D eigenvalue weighted by molar-refractivity contribution is -0.133. The van der Waals surface area contributed by atoms with Crippen molar-refractivity contribution in [3.05, 3.63) is 29.6 Å². The number of hydrogen-bond donors (Lipinski definition) is 0. The van der Waals surface area contributed by atoms with Gasteiger partial charge in [-0.05, 0) is 31.0 Å². The van der Waals surface area contributed by atoms with Crippen molar-refractivity contribution in [2.45, 2.75) is 26.2 Å². The Kier molecular flexibility index (Phi) is 4.14. The second-order valence-corrected chi connectivity index (χ2v) is 4.78. The topological polar surface area (TPSA) is 61.2 Å². The molecule has 0 N–H and O–H groups in total. The predicted octanol–water partition coefficient (Wildman–Crippen LogP) is 2.42. The Morgan fingerprint density at radius 2 is 2.30 bits per heavy atom. The van der Waals surface area contributed by atoms with Gasteiger partial charge in [0, 0.05) is 13.0 Å². The fraction of sp³-hybridized carbons (Fsp3) is 0.400. The number of benzene rings is 1. The van der Waals surface area contributed by atoms with Crippen LogP contribution in [0.5, 0.6) is 0 Å². The number of Topliss-reactive ketones (excluding diaryl/α,β-unsaturated/α-hetero) is 1. The largest absolute Gasteiger partial charge is 0.309 e. The van der Waals surface area contributed by atoms with Crippen molar-refractivity contribution in [1.29, 1.82) is 5.26 Å². The highest BCUT2D eigenvalue weighted by Gasteiger charge is 2.34. The van der Waals surface area contributed by atoms with Crippen LogP contribution >= 0.6 is 0 Å². The molecule has 5 heteroatoms.